The van der Waals surface area contributed by atoms with Gasteiger partial charge in [-0.3, -0.25) is 0 Å². The maximum absolute atomic E-state index is 11.8. The Kier molecular flexibility index (Phi) is 4.95. The summed E-state index contributed by atoms with van der Waals surface area (Å²) in [5, 5.41) is 0. The van der Waals surface area contributed by atoms with Crippen molar-refractivity contribution in [3.05, 3.63) is 33.8 Å². The Hall–Kier alpha value is -0.613. The standard InChI is InChI=1S/C13H19BrO2Si/c1-10-7-11(9-12(14)8-10)13(15)16-5-6-17(2,3)4/h7-9H,5-6H2,1-4H3. The molecule has 0 spiro atoms. The summed E-state index contributed by atoms with van der Waals surface area (Å²) < 4.78 is 6.20. The number of carbonyl (C=O) groups excluding carboxylic acids is 1. The van der Waals surface area contributed by atoms with E-state index in [9.17, 15) is 4.79 Å². The second-order valence-electron chi connectivity index (χ2n) is 5.46. The third-order valence-corrected chi connectivity index (χ3v) is 4.53. The molecule has 0 amide bonds. The Labute approximate surface area is 113 Å². The van der Waals surface area contributed by atoms with E-state index in [-0.39, 0.29) is 5.97 Å². The number of hydrogen-bond acceptors (Lipinski definition) is 2. The zero-order chi connectivity index (χ0) is 13.1. The minimum atomic E-state index is -1.13. The van der Waals surface area contributed by atoms with Crippen LogP contribution in [0.25, 0.3) is 0 Å². The van der Waals surface area contributed by atoms with E-state index < -0.39 is 8.07 Å². The second-order valence-corrected chi connectivity index (χ2v) is 12.0. The zero-order valence-corrected chi connectivity index (χ0v) is 13.4. The number of carbonyl (C=O) groups is 1. The highest BCUT2D eigenvalue weighted by molar-refractivity contribution is 9.10. The Morgan fingerprint density at radius 1 is 1.29 bits per heavy atom. The second kappa shape index (κ2) is 5.82. The highest BCUT2D eigenvalue weighted by atomic mass is 79.9. The van der Waals surface area contributed by atoms with Crippen LogP contribution in [0.5, 0.6) is 0 Å². The van der Waals surface area contributed by atoms with Gasteiger partial charge >= 0.3 is 5.97 Å². The molecule has 0 atom stereocenters. The Morgan fingerprint density at radius 3 is 2.47 bits per heavy atom. The Balaban J connectivity index is 2.58. The lowest BCUT2D eigenvalue weighted by Crippen LogP contribution is -2.22. The Bertz CT molecular complexity index is 390. The monoisotopic (exact) mass is 314 g/mol. The van der Waals surface area contributed by atoms with Crippen molar-refractivity contribution >= 4 is 30.0 Å². The smallest absolute Gasteiger partial charge is 0.338 e. The predicted octanol–water partition coefficient (Wildman–Crippen LogP) is 4.25. The molecule has 0 bridgehead atoms. The molecule has 17 heavy (non-hydrogen) atoms. The quantitative estimate of drug-likeness (QED) is 0.613. The summed E-state index contributed by atoms with van der Waals surface area (Å²) in [7, 11) is -1.13. The van der Waals surface area contributed by atoms with Crippen molar-refractivity contribution in [2.24, 2.45) is 0 Å². The molecule has 0 aromatic heterocycles. The van der Waals surface area contributed by atoms with Gasteiger partial charge in [0.25, 0.3) is 0 Å². The van der Waals surface area contributed by atoms with Crippen LogP contribution in [0.15, 0.2) is 22.7 Å². The number of esters is 1. The molecule has 0 saturated carbocycles. The SMILES string of the molecule is Cc1cc(Br)cc(C(=O)OCC[Si](C)(C)C)c1. The van der Waals surface area contributed by atoms with Crippen LogP contribution >= 0.6 is 15.9 Å². The molecule has 2 nitrogen and oxygen atoms in total. The molecular weight excluding hydrogens is 296 g/mol. The van der Waals surface area contributed by atoms with Crippen LogP contribution < -0.4 is 0 Å². The number of hydrogen-bond donors (Lipinski definition) is 0. The van der Waals surface area contributed by atoms with Gasteiger partial charge in [-0.25, -0.2) is 4.79 Å². The van der Waals surface area contributed by atoms with E-state index in [0.29, 0.717) is 12.2 Å². The number of benzene rings is 1. The fourth-order valence-corrected chi connectivity index (χ4v) is 2.71. The Morgan fingerprint density at radius 2 is 1.94 bits per heavy atom. The van der Waals surface area contributed by atoms with E-state index in [2.05, 4.69) is 35.6 Å². The molecule has 0 N–H and O–H groups in total. The minimum absolute atomic E-state index is 0.229. The van der Waals surface area contributed by atoms with Crippen molar-refractivity contribution < 1.29 is 9.53 Å². The van der Waals surface area contributed by atoms with E-state index in [1.165, 1.54) is 0 Å². The molecule has 0 saturated heterocycles. The van der Waals surface area contributed by atoms with E-state index in [4.69, 9.17) is 4.74 Å². The number of ether oxygens (including phenoxy) is 1. The lowest BCUT2D eigenvalue weighted by molar-refractivity contribution is 0.0525. The van der Waals surface area contributed by atoms with Gasteiger partial charge in [-0.15, -0.1) is 0 Å². The molecule has 1 aromatic carbocycles. The summed E-state index contributed by atoms with van der Waals surface area (Å²) in [4.78, 5) is 11.8. The van der Waals surface area contributed by atoms with Crippen LogP contribution in [-0.2, 0) is 4.74 Å². The average Bonchev–Trinajstić information content (AvgIpc) is 2.13. The van der Waals surface area contributed by atoms with E-state index in [0.717, 1.165) is 16.1 Å². The summed E-state index contributed by atoms with van der Waals surface area (Å²) in [6.45, 7) is 9.29. The first-order valence-electron chi connectivity index (χ1n) is 5.72. The van der Waals surface area contributed by atoms with Crippen molar-refractivity contribution in [3.63, 3.8) is 0 Å². The zero-order valence-electron chi connectivity index (χ0n) is 10.8. The van der Waals surface area contributed by atoms with Crippen molar-refractivity contribution in [1.82, 2.24) is 0 Å². The normalized spacial score (nSPS) is 11.4. The van der Waals surface area contributed by atoms with Crippen molar-refractivity contribution in [3.8, 4) is 0 Å². The van der Waals surface area contributed by atoms with Crippen LogP contribution in [0.3, 0.4) is 0 Å². The van der Waals surface area contributed by atoms with Gasteiger partial charge in [0, 0.05) is 12.5 Å². The molecule has 0 heterocycles. The highest BCUT2D eigenvalue weighted by Crippen LogP contribution is 2.16. The van der Waals surface area contributed by atoms with Crippen LogP contribution in [0.2, 0.25) is 25.7 Å². The highest BCUT2D eigenvalue weighted by Gasteiger charge is 2.14. The van der Waals surface area contributed by atoms with Crippen LogP contribution in [0.4, 0.5) is 0 Å². The maximum Gasteiger partial charge on any atom is 0.338 e. The summed E-state index contributed by atoms with van der Waals surface area (Å²) in [6.07, 6.45) is 0. The average molecular weight is 315 g/mol. The first kappa shape index (κ1) is 14.4. The van der Waals surface area contributed by atoms with Crippen LogP contribution in [0, 0.1) is 6.92 Å². The van der Waals surface area contributed by atoms with E-state index in [1.54, 1.807) is 6.07 Å². The summed E-state index contributed by atoms with van der Waals surface area (Å²) in [5.74, 6) is -0.229. The molecule has 1 aromatic rings. The molecule has 0 unspecified atom stereocenters. The number of rotatable bonds is 4. The van der Waals surface area contributed by atoms with Crippen molar-refractivity contribution in [2.75, 3.05) is 6.61 Å². The first-order chi connectivity index (χ1) is 7.78. The largest absolute Gasteiger partial charge is 0.462 e. The predicted molar refractivity (Wildman–Crippen MR) is 77.3 cm³/mol. The van der Waals surface area contributed by atoms with Gasteiger partial charge in [0.2, 0.25) is 0 Å². The van der Waals surface area contributed by atoms with Crippen LogP contribution in [0.1, 0.15) is 15.9 Å². The van der Waals surface area contributed by atoms with Gasteiger partial charge in [-0.1, -0.05) is 35.6 Å². The van der Waals surface area contributed by atoms with Crippen molar-refractivity contribution in [2.45, 2.75) is 32.6 Å². The summed E-state index contributed by atoms with van der Waals surface area (Å²) in [6, 6.07) is 6.62. The third kappa shape index (κ3) is 5.50. The first-order valence-corrected chi connectivity index (χ1v) is 10.2. The molecule has 1 rings (SSSR count). The molecule has 0 aliphatic rings. The van der Waals surface area contributed by atoms with E-state index >= 15 is 0 Å². The van der Waals surface area contributed by atoms with Gasteiger partial charge in [0.1, 0.15) is 0 Å². The lowest BCUT2D eigenvalue weighted by atomic mass is 10.1. The third-order valence-electron chi connectivity index (χ3n) is 2.36. The van der Waals surface area contributed by atoms with Gasteiger partial charge in [0.05, 0.1) is 12.2 Å². The molecule has 0 aliphatic heterocycles. The summed E-state index contributed by atoms with van der Waals surface area (Å²) in [5.41, 5.74) is 1.67. The van der Waals surface area contributed by atoms with Gasteiger partial charge < -0.3 is 4.74 Å². The fourth-order valence-electron chi connectivity index (χ4n) is 1.39. The molecule has 94 valence electrons. The lowest BCUT2D eigenvalue weighted by Gasteiger charge is -2.15. The molecule has 0 fully saturated rings. The molecule has 4 heteroatoms. The number of halogens is 1. The molecule has 0 radical (unpaired) electrons. The number of aryl methyl sites for hydroxylation is 1. The molecular formula is C13H19BrO2Si. The van der Waals surface area contributed by atoms with Gasteiger partial charge in [-0.05, 0) is 36.7 Å². The molecule has 0 aliphatic carbocycles. The van der Waals surface area contributed by atoms with Crippen LogP contribution in [-0.4, -0.2) is 20.7 Å². The summed E-state index contributed by atoms with van der Waals surface area (Å²) >= 11 is 3.38. The maximum atomic E-state index is 11.8. The fraction of sp³-hybridized carbons (Fsp3) is 0.462. The minimum Gasteiger partial charge on any atom is -0.462 e. The topological polar surface area (TPSA) is 26.3 Å². The van der Waals surface area contributed by atoms with Crippen molar-refractivity contribution in [1.29, 1.82) is 0 Å². The van der Waals surface area contributed by atoms with Gasteiger partial charge in [0.15, 0.2) is 0 Å². The van der Waals surface area contributed by atoms with E-state index in [1.807, 2.05) is 19.1 Å². The van der Waals surface area contributed by atoms with Gasteiger partial charge in [-0.2, -0.15) is 0 Å².